The molecule has 0 amide bonds. The number of nitrogens with one attached hydrogen (secondary N) is 1. The summed E-state index contributed by atoms with van der Waals surface area (Å²) in [6.07, 6.45) is 2.28. The van der Waals surface area contributed by atoms with E-state index in [1.165, 1.54) is 28.9 Å². The zero-order valence-corrected chi connectivity index (χ0v) is 12.8. The molecule has 0 atom stereocenters. The van der Waals surface area contributed by atoms with Crippen molar-refractivity contribution in [1.29, 1.82) is 0 Å². The predicted molar refractivity (Wildman–Crippen MR) is 84.1 cm³/mol. The number of hydrogen-bond donors (Lipinski definition) is 1. The Kier molecular flexibility index (Phi) is 5.36. The molecule has 1 N–H and O–H groups in total. The van der Waals surface area contributed by atoms with Crippen molar-refractivity contribution in [3.63, 3.8) is 0 Å². The summed E-state index contributed by atoms with van der Waals surface area (Å²) < 4.78 is 2.13. The van der Waals surface area contributed by atoms with Crippen LogP contribution in [0.5, 0.6) is 0 Å². The van der Waals surface area contributed by atoms with Gasteiger partial charge in [-0.15, -0.1) is 0 Å². The van der Waals surface area contributed by atoms with Crippen LogP contribution >= 0.6 is 0 Å². The molecule has 20 heavy (non-hydrogen) atoms. The summed E-state index contributed by atoms with van der Waals surface area (Å²) in [5.74, 6) is 0. The number of benzene rings is 1. The molecule has 108 valence electrons. The Balaban J connectivity index is 2.04. The lowest BCUT2D eigenvalue weighted by molar-refractivity contribution is 0.653. The summed E-state index contributed by atoms with van der Waals surface area (Å²) in [6.45, 7) is 9.45. The maximum atomic E-state index is 4.70. The first kappa shape index (κ1) is 14.8. The molecule has 1 heterocycles. The molecule has 0 aliphatic heterocycles. The first-order chi connectivity index (χ1) is 9.72. The molecule has 2 aromatic rings. The van der Waals surface area contributed by atoms with Crippen molar-refractivity contribution >= 4 is 0 Å². The molecule has 0 unspecified atom stereocenters. The van der Waals surface area contributed by atoms with Gasteiger partial charge in [0, 0.05) is 5.69 Å². The Morgan fingerprint density at radius 1 is 1.15 bits per heavy atom. The van der Waals surface area contributed by atoms with Crippen molar-refractivity contribution in [3.05, 3.63) is 52.8 Å². The largest absolute Gasteiger partial charge is 0.317 e. The molecule has 0 saturated carbocycles. The van der Waals surface area contributed by atoms with Crippen molar-refractivity contribution in [1.82, 2.24) is 15.1 Å². The lowest BCUT2D eigenvalue weighted by Gasteiger charge is -2.06. The van der Waals surface area contributed by atoms with Crippen molar-refractivity contribution in [3.8, 4) is 0 Å². The monoisotopic (exact) mass is 271 g/mol. The van der Waals surface area contributed by atoms with E-state index in [0.29, 0.717) is 0 Å². The van der Waals surface area contributed by atoms with Gasteiger partial charge in [0.25, 0.3) is 0 Å². The number of aryl methyl sites for hydroxylation is 1. The second kappa shape index (κ2) is 7.25. The Morgan fingerprint density at radius 2 is 1.90 bits per heavy atom. The molecule has 3 nitrogen and oxygen atoms in total. The van der Waals surface area contributed by atoms with Gasteiger partial charge in [0.2, 0.25) is 0 Å². The summed E-state index contributed by atoms with van der Waals surface area (Å²) >= 11 is 0. The number of rotatable bonds is 7. The van der Waals surface area contributed by atoms with Crippen LogP contribution < -0.4 is 5.32 Å². The van der Waals surface area contributed by atoms with Crippen molar-refractivity contribution in [2.45, 2.75) is 40.2 Å². The third-order valence-corrected chi connectivity index (χ3v) is 3.74. The summed E-state index contributed by atoms with van der Waals surface area (Å²) in [6, 6.07) is 10.5. The van der Waals surface area contributed by atoms with E-state index in [0.717, 1.165) is 26.1 Å². The fourth-order valence-corrected chi connectivity index (χ4v) is 2.57. The highest BCUT2D eigenvalue weighted by Crippen LogP contribution is 2.16. The molecule has 0 fully saturated rings. The Labute approximate surface area is 122 Å². The van der Waals surface area contributed by atoms with E-state index in [-0.39, 0.29) is 0 Å². The van der Waals surface area contributed by atoms with E-state index in [4.69, 9.17) is 5.10 Å². The van der Waals surface area contributed by atoms with E-state index in [1.807, 2.05) is 0 Å². The number of nitrogens with zero attached hydrogens (tertiary/aromatic N) is 2. The zero-order chi connectivity index (χ0) is 14.4. The van der Waals surface area contributed by atoms with Gasteiger partial charge in [-0.2, -0.15) is 5.10 Å². The van der Waals surface area contributed by atoms with Crippen LogP contribution in [-0.4, -0.2) is 22.9 Å². The van der Waals surface area contributed by atoms with Crippen LogP contribution in [0.1, 0.15) is 35.9 Å². The normalized spacial score (nSPS) is 10.9. The van der Waals surface area contributed by atoms with Crippen LogP contribution in [0.25, 0.3) is 0 Å². The van der Waals surface area contributed by atoms with Crippen LogP contribution in [-0.2, 0) is 13.0 Å². The van der Waals surface area contributed by atoms with Gasteiger partial charge in [-0.05, 0) is 50.9 Å². The topological polar surface area (TPSA) is 29.9 Å². The molecule has 0 spiro atoms. The molecule has 0 aliphatic carbocycles. The summed E-state index contributed by atoms with van der Waals surface area (Å²) in [4.78, 5) is 0. The van der Waals surface area contributed by atoms with Crippen molar-refractivity contribution in [2.24, 2.45) is 0 Å². The quantitative estimate of drug-likeness (QED) is 0.784. The average Bonchev–Trinajstić information content (AvgIpc) is 2.72. The van der Waals surface area contributed by atoms with Gasteiger partial charge in [-0.1, -0.05) is 37.3 Å². The van der Waals surface area contributed by atoms with Crippen LogP contribution in [0.4, 0.5) is 0 Å². The van der Waals surface area contributed by atoms with Crippen LogP contribution in [0.3, 0.4) is 0 Å². The number of hydrogen-bond acceptors (Lipinski definition) is 2. The Hall–Kier alpha value is -1.61. The minimum Gasteiger partial charge on any atom is -0.317 e. The Bertz CT molecular complexity index is 529. The lowest BCUT2D eigenvalue weighted by atomic mass is 10.1. The smallest absolute Gasteiger partial charge is 0.0662 e. The van der Waals surface area contributed by atoms with Crippen LogP contribution in [0.15, 0.2) is 30.3 Å². The second-order valence-corrected chi connectivity index (χ2v) is 5.25. The summed E-state index contributed by atoms with van der Waals surface area (Å²) in [5, 5.41) is 8.08. The molecule has 2 rings (SSSR count). The van der Waals surface area contributed by atoms with Crippen LogP contribution in [0, 0.1) is 13.8 Å². The highest BCUT2D eigenvalue weighted by molar-refractivity contribution is 5.26. The molecular weight excluding hydrogens is 246 g/mol. The van der Waals surface area contributed by atoms with E-state index in [2.05, 4.69) is 61.1 Å². The standard InChI is InChI=1S/C17H25N3/c1-4-18-12-8-11-17-14(2)19-20(15(17)3)13-16-9-6-5-7-10-16/h5-7,9-10,18H,4,8,11-13H2,1-3H3. The fraction of sp³-hybridized carbons (Fsp3) is 0.471. The lowest BCUT2D eigenvalue weighted by Crippen LogP contribution is -2.14. The average molecular weight is 271 g/mol. The van der Waals surface area contributed by atoms with Crippen LogP contribution in [0.2, 0.25) is 0 Å². The highest BCUT2D eigenvalue weighted by atomic mass is 15.3. The minimum absolute atomic E-state index is 0.862. The van der Waals surface area contributed by atoms with Gasteiger partial charge in [0.15, 0.2) is 0 Å². The SMILES string of the molecule is CCNCCCc1c(C)nn(Cc2ccccc2)c1C. The van der Waals surface area contributed by atoms with Gasteiger partial charge < -0.3 is 5.32 Å². The van der Waals surface area contributed by atoms with Crippen molar-refractivity contribution in [2.75, 3.05) is 13.1 Å². The second-order valence-electron chi connectivity index (χ2n) is 5.25. The molecule has 0 radical (unpaired) electrons. The molecule has 0 saturated heterocycles. The van der Waals surface area contributed by atoms with Gasteiger partial charge in [-0.25, -0.2) is 0 Å². The minimum atomic E-state index is 0.862. The van der Waals surface area contributed by atoms with E-state index < -0.39 is 0 Å². The maximum Gasteiger partial charge on any atom is 0.0662 e. The Morgan fingerprint density at radius 3 is 2.60 bits per heavy atom. The highest BCUT2D eigenvalue weighted by Gasteiger charge is 2.11. The van der Waals surface area contributed by atoms with E-state index in [9.17, 15) is 0 Å². The van der Waals surface area contributed by atoms with Gasteiger partial charge in [0.05, 0.1) is 12.2 Å². The molecule has 1 aromatic heterocycles. The third-order valence-electron chi connectivity index (χ3n) is 3.74. The van der Waals surface area contributed by atoms with E-state index >= 15 is 0 Å². The summed E-state index contributed by atoms with van der Waals surface area (Å²) in [5.41, 5.74) is 5.20. The van der Waals surface area contributed by atoms with Crippen molar-refractivity contribution < 1.29 is 0 Å². The van der Waals surface area contributed by atoms with Gasteiger partial charge in [-0.3, -0.25) is 4.68 Å². The maximum absolute atomic E-state index is 4.70. The predicted octanol–water partition coefficient (Wildman–Crippen LogP) is 3.09. The fourth-order valence-electron chi connectivity index (χ4n) is 2.57. The first-order valence-electron chi connectivity index (χ1n) is 7.50. The van der Waals surface area contributed by atoms with Gasteiger partial charge >= 0.3 is 0 Å². The van der Waals surface area contributed by atoms with Gasteiger partial charge in [0.1, 0.15) is 0 Å². The molecular formula is C17H25N3. The third kappa shape index (κ3) is 3.70. The molecule has 3 heteroatoms. The summed E-state index contributed by atoms with van der Waals surface area (Å²) in [7, 11) is 0. The molecule has 1 aromatic carbocycles. The first-order valence-corrected chi connectivity index (χ1v) is 7.50. The molecule has 0 bridgehead atoms. The zero-order valence-electron chi connectivity index (χ0n) is 12.8. The molecule has 0 aliphatic rings. The van der Waals surface area contributed by atoms with E-state index in [1.54, 1.807) is 0 Å². The number of aromatic nitrogens is 2.